The first-order chi connectivity index (χ1) is 8.90. The van der Waals surface area contributed by atoms with Gasteiger partial charge in [0.05, 0.1) is 5.41 Å². The molecule has 0 saturated carbocycles. The maximum absolute atomic E-state index is 13.4. The van der Waals surface area contributed by atoms with Gasteiger partial charge in [0.1, 0.15) is 5.82 Å². The number of carbonyl (C=O) groups is 1. The Morgan fingerprint density at radius 3 is 2.95 bits per heavy atom. The molecule has 1 unspecified atom stereocenters. The molecule has 0 spiro atoms. The Morgan fingerprint density at radius 1 is 1.53 bits per heavy atom. The lowest BCUT2D eigenvalue weighted by atomic mass is 9.86. The lowest BCUT2D eigenvalue weighted by Crippen LogP contribution is -2.42. The molecule has 1 aromatic rings. The summed E-state index contributed by atoms with van der Waals surface area (Å²) in [6.07, 6.45) is 3.03. The fourth-order valence-electron chi connectivity index (χ4n) is 2.45. The van der Waals surface area contributed by atoms with Crippen molar-refractivity contribution in [2.24, 2.45) is 11.1 Å². The maximum Gasteiger partial charge on any atom is 0.224 e. The number of fused-ring (bicyclic) bond motifs is 1. The van der Waals surface area contributed by atoms with Gasteiger partial charge in [-0.1, -0.05) is 6.07 Å². The smallest absolute Gasteiger partial charge is 0.224 e. The summed E-state index contributed by atoms with van der Waals surface area (Å²) in [4.78, 5) is 11.3. The van der Waals surface area contributed by atoms with Crippen LogP contribution in [0.3, 0.4) is 0 Å². The van der Waals surface area contributed by atoms with E-state index in [2.05, 4.69) is 5.32 Å². The Morgan fingerprint density at radius 2 is 2.26 bits per heavy atom. The van der Waals surface area contributed by atoms with E-state index in [0.717, 1.165) is 24.8 Å². The SMILES string of the molecule is CC(C)(CNC1CCCc2ccc(F)cc21)C(N)=O. The maximum atomic E-state index is 13.4. The minimum absolute atomic E-state index is 0.109. The van der Waals surface area contributed by atoms with Gasteiger partial charge < -0.3 is 11.1 Å². The van der Waals surface area contributed by atoms with Crippen LogP contribution in [0.1, 0.15) is 43.9 Å². The summed E-state index contributed by atoms with van der Waals surface area (Å²) in [5.41, 5.74) is 6.99. The summed E-state index contributed by atoms with van der Waals surface area (Å²) in [5, 5.41) is 3.36. The Balaban J connectivity index is 2.12. The summed E-state index contributed by atoms with van der Waals surface area (Å²) in [7, 11) is 0. The zero-order chi connectivity index (χ0) is 14.0. The van der Waals surface area contributed by atoms with Crippen LogP contribution in [0, 0.1) is 11.2 Å². The number of amides is 1. The minimum Gasteiger partial charge on any atom is -0.369 e. The molecule has 0 fully saturated rings. The molecule has 1 aliphatic rings. The van der Waals surface area contributed by atoms with Crippen molar-refractivity contribution in [2.45, 2.75) is 39.2 Å². The Bertz CT molecular complexity index is 485. The fourth-order valence-corrected chi connectivity index (χ4v) is 2.45. The molecule has 0 aliphatic heterocycles. The van der Waals surface area contributed by atoms with E-state index in [0.29, 0.717) is 6.54 Å². The van der Waals surface area contributed by atoms with Crippen LogP contribution in [0.2, 0.25) is 0 Å². The van der Waals surface area contributed by atoms with E-state index in [-0.39, 0.29) is 17.8 Å². The second-order valence-electron chi connectivity index (χ2n) is 5.92. The van der Waals surface area contributed by atoms with Crippen molar-refractivity contribution in [3.63, 3.8) is 0 Å². The van der Waals surface area contributed by atoms with Gasteiger partial charge in [-0.2, -0.15) is 0 Å². The molecule has 0 saturated heterocycles. The van der Waals surface area contributed by atoms with Crippen molar-refractivity contribution in [2.75, 3.05) is 6.54 Å². The first-order valence-electron chi connectivity index (χ1n) is 6.72. The van der Waals surface area contributed by atoms with Gasteiger partial charge in [-0.3, -0.25) is 4.79 Å². The highest BCUT2D eigenvalue weighted by atomic mass is 19.1. The van der Waals surface area contributed by atoms with Gasteiger partial charge in [0, 0.05) is 12.6 Å². The summed E-state index contributed by atoms with van der Waals surface area (Å²) < 4.78 is 13.4. The van der Waals surface area contributed by atoms with Gasteiger partial charge >= 0.3 is 0 Å². The molecule has 3 N–H and O–H groups in total. The molecular weight excluding hydrogens is 243 g/mol. The highest BCUT2D eigenvalue weighted by Gasteiger charge is 2.27. The van der Waals surface area contributed by atoms with Gasteiger partial charge in [-0.05, 0) is 56.4 Å². The topological polar surface area (TPSA) is 55.1 Å². The lowest BCUT2D eigenvalue weighted by Gasteiger charge is -2.30. The number of carbonyl (C=O) groups excluding carboxylic acids is 1. The lowest BCUT2D eigenvalue weighted by molar-refractivity contribution is -0.125. The van der Waals surface area contributed by atoms with E-state index in [1.165, 1.54) is 11.6 Å². The van der Waals surface area contributed by atoms with Crippen molar-refractivity contribution in [3.05, 3.63) is 35.1 Å². The zero-order valence-electron chi connectivity index (χ0n) is 11.5. The minimum atomic E-state index is -0.592. The molecule has 1 aromatic carbocycles. The molecule has 1 atom stereocenters. The summed E-state index contributed by atoms with van der Waals surface area (Å²) >= 11 is 0. The van der Waals surface area contributed by atoms with Crippen LogP contribution in [0.4, 0.5) is 4.39 Å². The molecule has 0 heterocycles. The first kappa shape index (κ1) is 14.0. The molecule has 1 amide bonds. The highest BCUT2D eigenvalue weighted by Crippen LogP contribution is 2.30. The third kappa shape index (κ3) is 3.13. The van der Waals surface area contributed by atoms with E-state index >= 15 is 0 Å². The van der Waals surface area contributed by atoms with Gasteiger partial charge in [0.25, 0.3) is 0 Å². The molecule has 0 bridgehead atoms. The van der Waals surface area contributed by atoms with Crippen LogP contribution in [0.15, 0.2) is 18.2 Å². The van der Waals surface area contributed by atoms with E-state index in [4.69, 9.17) is 5.73 Å². The van der Waals surface area contributed by atoms with Gasteiger partial charge in [0.15, 0.2) is 0 Å². The largest absolute Gasteiger partial charge is 0.369 e. The second-order valence-corrected chi connectivity index (χ2v) is 5.92. The van der Waals surface area contributed by atoms with Gasteiger partial charge in [-0.25, -0.2) is 4.39 Å². The number of benzene rings is 1. The van der Waals surface area contributed by atoms with Crippen LogP contribution in [0.5, 0.6) is 0 Å². The molecule has 3 nitrogen and oxygen atoms in total. The van der Waals surface area contributed by atoms with Crippen LogP contribution in [0.25, 0.3) is 0 Å². The Labute approximate surface area is 113 Å². The van der Waals surface area contributed by atoms with Crippen molar-refractivity contribution >= 4 is 5.91 Å². The predicted molar refractivity (Wildman–Crippen MR) is 73.1 cm³/mol. The van der Waals surface area contributed by atoms with Gasteiger partial charge in [-0.15, -0.1) is 0 Å². The predicted octanol–water partition coefficient (Wildman–Crippen LogP) is 2.30. The summed E-state index contributed by atoms with van der Waals surface area (Å²) in [5.74, 6) is -0.531. The molecule has 104 valence electrons. The third-order valence-corrected chi connectivity index (χ3v) is 3.88. The van der Waals surface area contributed by atoms with Crippen molar-refractivity contribution in [1.29, 1.82) is 0 Å². The standard InChI is InChI=1S/C15H21FN2O/c1-15(2,14(17)19)9-18-13-5-3-4-10-6-7-11(16)8-12(10)13/h6-8,13,18H,3-5,9H2,1-2H3,(H2,17,19). The number of nitrogens with two attached hydrogens (primary N) is 1. The number of halogens is 1. The second kappa shape index (κ2) is 5.29. The van der Waals surface area contributed by atoms with Crippen LogP contribution in [-0.4, -0.2) is 12.5 Å². The fraction of sp³-hybridized carbons (Fsp3) is 0.533. The average molecular weight is 264 g/mol. The quantitative estimate of drug-likeness (QED) is 0.876. The van der Waals surface area contributed by atoms with Crippen LogP contribution < -0.4 is 11.1 Å². The molecule has 1 aliphatic carbocycles. The van der Waals surface area contributed by atoms with Crippen molar-refractivity contribution in [1.82, 2.24) is 5.32 Å². The Kier molecular flexibility index (Phi) is 3.90. The van der Waals surface area contributed by atoms with E-state index < -0.39 is 5.41 Å². The van der Waals surface area contributed by atoms with E-state index in [9.17, 15) is 9.18 Å². The molecule has 0 aromatic heterocycles. The van der Waals surface area contributed by atoms with Crippen LogP contribution >= 0.6 is 0 Å². The number of rotatable bonds is 4. The number of hydrogen-bond acceptors (Lipinski definition) is 2. The molecular formula is C15H21FN2O. The number of nitrogens with one attached hydrogen (secondary N) is 1. The van der Waals surface area contributed by atoms with Crippen LogP contribution in [-0.2, 0) is 11.2 Å². The molecule has 19 heavy (non-hydrogen) atoms. The van der Waals surface area contributed by atoms with E-state index in [1.54, 1.807) is 6.07 Å². The highest BCUT2D eigenvalue weighted by molar-refractivity contribution is 5.80. The number of aryl methyl sites for hydroxylation is 1. The Hall–Kier alpha value is -1.42. The van der Waals surface area contributed by atoms with E-state index in [1.807, 2.05) is 19.9 Å². The van der Waals surface area contributed by atoms with Crippen molar-refractivity contribution < 1.29 is 9.18 Å². The number of primary amides is 1. The average Bonchev–Trinajstić information content (AvgIpc) is 2.36. The first-order valence-corrected chi connectivity index (χ1v) is 6.72. The molecule has 2 rings (SSSR count). The van der Waals surface area contributed by atoms with Crippen molar-refractivity contribution in [3.8, 4) is 0 Å². The molecule has 4 heteroatoms. The normalized spacial score (nSPS) is 19.0. The van der Waals surface area contributed by atoms with Gasteiger partial charge in [0.2, 0.25) is 5.91 Å². The zero-order valence-corrected chi connectivity index (χ0v) is 11.5. The third-order valence-electron chi connectivity index (χ3n) is 3.88. The molecule has 0 radical (unpaired) electrons. The monoisotopic (exact) mass is 264 g/mol. The number of hydrogen-bond donors (Lipinski definition) is 2. The summed E-state index contributed by atoms with van der Waals surface area (Å²) in [6, 6.07) is 5.08. The summed E-state index contributed by atoms with van der Waals surface area (Å²) in [6.45, 7) is 4.14.